The molecule has 2 amide bonds. The summed E-state index contributed by atoms with van der Waals surface area (Å²) < 4.78 is 0. The summed E-state index contributed by atoms with van der Waals surface area (Å²) in [7, 11) is 0. The second-order valence-electron chi connectivity index (χ2n) is 5.74. The molecule has 1 aliphatic carbocycles. The summed E-state index contributed by atoms with van der Waals surface area (Å²) >= 11 is 5.78. The lowest BCUT2D eigenvalue weighted by Crippen LogP contribution is -2.33. The van der Waals surface area contributed by atoms with Crippen LogP contribution in [-0.2, 0) is 4.79 Å². The van der Waals surface area contributed by atoms with E-state index in [0.717, 1.165) is 0 Å². The lowest BCUT2D eigenvalue weighted by molar-refractivity contribution is -0.117. The maximum atomic E-state index is 11.9. The van der Waals surface area contributed by atoms with Crippen LogP contribution in [0.15, 0.2) is 36.0 Å². The zero-order valence-electron chi connectivity index (χ0n) is 11.5. The van der Waals surface area contributed by atoms with Crippen LogP contribution in [-0.4, -0.2) is 11.8 Å². The van der Waals surface area contributed by atoms with Crippen LogP contribution in [0.5, 0.6) is 0 Å². The van der Waals surface area contributed by atoms with Crippen molar-refractivity contribution in [1.29, 1.82) is 0 Å². The van der Waals surface area contributed by atoms with Crippen LogP contribution in [0.2, 0.25) is 5.02 Å². The number of hydrogen-bond acceptors (Lipinski definition) is 2. The maximum Gasteiger partial charge on any atom is 0.323 e. The molecule has 0 heterocycles. The molecule has 0 bridgehead atoms. The van der Waals surface area contributed by atoms with Gasteiger partial charge in [0.1, 0.15) is 0 Å². The van der Waals surface area contributed by atoms with E-state index < -0.39 is 0 Å². The van der Waals surface area contributed by atoms with Gasteiger partial charge < -0.3 is 10.6 Å². The minimum Gasteiger partial charge on any atom is -0.311 e. The molecule has 4 nitrogen and oxygen atoms in total. The van der Waals surface area contributed by atoms with Gasteiger partial charge in [0.15, 0.2) is 5.78 Å². The lowest BCUT2D eigenvalue weighted by atomic mass is 9.79. The van der Waals surface area contributed by atoms with Crippen molar-refractivity contribution in [2.24, 2.45) is 5.41 Å². The Balaban J connectivity index is 1.98. The number of benzene rings is 1. The highest BCUT2D eigenvalue weighted by molar-refractivity contribution is 6.30. The monoisotopic (exact) mass is 292 g/mol. The molecule has 0 saturated carbocycles. The average Bonchev–Trinajstić information content (AvgIpc) is 2.29. The number of carbonyl (C=O) groups is 2. The van der Waals surface area contributed by atoms with E-state index in [0.29, 0.717) is 29.2 Å². The molecule has 0 saturated heterocycles. The first-order valence-electron chi connectivity index (χ1n) is 6.41. The van der Waals surface area contributed by atoms with Crippen LogP contribution in [0.1, 0.15) is 26.7 Å². The molecule has 5 heteroatoms. The first-order valence-corrected chi connectivity index (χ1v) is 6.79. The van der Waals surface area contributed by atoms with Crippen molar-refractivity contribution in [3.63, 3.8) is 0 Å². The van der Waals surface area contributed by atoms with E-state index in [1.54, 1.807) is 24.3 Å². The van der Waals surface area contributed by atoms with E-state index in [1.807, 2.05) is 13.8 Å². The van der Waals surface area contributed by atoms with Crippen LogP contribution in [0, 0.1) is 5.41 Å². The van der Waals surface area contributed by atoms with E-state index in [2.05, 4.69) is 10.6 Å². The lowest BCUT2D eigenvalue weighted by Gasteiger charge is -2.28. The van der Waals surface area contributed by atoms with Crippen molar-refractivity contribution in [2.45, 2.75) is 26.7 Å². The number of carbonyl (C=O) groups excluding carboxylic acids is 2. The molecule has 0 spiro atoms. The number of hydrogen-bond donors (Lipinski definition) is 2. The van der Waals surface area contributed by atoms with E-state index in [9.17, 15) is 9.59 Å². The standard InChI is InChI=1S/C15H17ClN2O2/c1-15(2)8-12(7-13(19)9-15)18-14(20)17-11-5-3-10(16)4-6-11/h3-7H,8-9H2,1-2H3,(H2,17,18,20). The first kappa shape index (κ1) is 14.6. The minimum absolute atomic E-state index is 0.0445. The Morgan fingerprint density at radius 3 is 2.40 bits per heavy atom. The van der Waals surface area contributed by atoms with E-state index >= 15 is 0 Å². The summed E-state index contributed by atoms with van der Waals surface area (Å²) in [6, 6.07) is 6.47. The number of halogens is 1. The van der Waals surface area contributed by atoms with E-state index in [1.165, 1.54) is 6.08 Å². The van der Waals surface area contributed by atoms with Gasteiger partial charge in [-0.1, -0.05) is 25.4 Å². The first-order chi connectivity index (χ1) is 9.34. The predicted molar refractivity (Wildman–Crippen MR) is 79.7 cm³/mol. The molecule has 1 aromatic rings. The number of urea groups is 1. The molecule has 1 aromatic carbocycles. The van der Waals surface area contributed by atoms with Crippen molar-refractivity contribution >= 4 is 29.1 Å². The van der Waals surface area contributed by atoms with Crippen molar-refractivity contribution in [3.8, 4) is 0 Å². The second kappa shape index (κ2) is 5.67. The van der Waals surface area contributed by atoms with Gasteiger partial charge in [0, 0.05) is 28.9 Å². The molecular weight excluding hydrogens is 276 g/mol. The van der Waals surface area contributed by atoms with Gasteiger partial charge in [-0.05, 0) is 36.1 Å². The maximum absolute atomic E-state index is 11.9. The Morgan fingerprint density at radius 2 is 1.80 bits per heavy atom. The third-order valence-corrected chi connectivity index (χ3v) is 3.29. The predicted octanol–water partition coefficient (Wildman–Crippen LogP) is 3.73. The molecule has 0 fully saturated rings. The molecular formula is C15H17ClN2O2. The van der Waals surface area contributed by atoms with Gasteiger partial charge in [0.05, 0.1) is 0 Å². The summed E-state index contributed by atoms with van der Waals surface area (Å²) in [5.74, 6) is 0.0445. The van der Waals surface area contributed by atoms with Crippen molar-refractivity contribution in [1.82, 2.24) is 5.32 Å². The topological polar surface area (TPSA) is 58.2 Å². The molecule has 0 aliphatic heterocycles. The number of nitrogens with one attached hydrogen (secondary N) is 2. The van der Waals surface area contributed by atoms with Crippen molar-refractivity contribution < 1.29 is 9.59 Å². The number of ketones is 1. The molecule has 0 radical (unpaired) electrons. The highest BCUT2D eigenvalue weighted by atomic mass is 35.5. The number of rotatable bonds is 2. The van der Waals surface area contributed by atoms with Gasteiger partial charge in [0.25, 0.3) is 0 Å². The second-order valence-corrected chi connectivity index (χ2v) is 6.18. The number of anilines is 1. The Morgan fingerprint density at radius 1 is 1.15 bits per heavy atom. The largest absolute Gasteiger partial charge is 0.323 e. The van der Waals surface area contributed by atoms with Gasteiger partial charge in [0.2, 0.25) is 0 Å². The van der Waals surface area contributed by atoms with Gasteiger partial charge >= 0.3 is 6.03 Å². The van der Waals surface area contributed by atoms with Crippen LogP contribution in [0.4, 0.5) is 10.5 Å². The third kappa shape index (κ3) is 4.10. The summed E-state index contributed by atoms with van der Waals surface area (Å²) in [6.45, 7) is 4.02. The molecule has 106 valence electrons. The Hall–Kier alpha value is -1.81. The SMILES string of the molecule is CC1(C)CC(=O)C=C(NC(=O)Nc2ccc(Cl)cc2)C1. The summed E-state index contributed by atoms with van der Waals surface area (Å²) in [5, 5.41) is 6.03. The molecule has 2 rings (SSSR count). The Bertz CT molecular complexity index is 562. The highest BCUT2D eigenvalue weighted by Crippen LogP contribution is 2.32. The minimum atomic E-state index is -0.357. The smallest absolute Gasteiger partial charge is 0.311 e. The molecule has 0 unspecified atom stereocenters. The zero-order chi connectivity index (χ0) is 14.8. The van der Waals surface area contributed by atoms with E-state index in [4.69, 9.17) is 11.6 Å². The normalized spacial score (nSPS) is 17.4. The van der Waals surface area contributed by atoms with Gasteiger partial charge in [-0.2, -0.15) is 0 Å². The average molecular weight is 293 g/mol. The van der Waals surface area contributed by atoms with Crippen LogP contribution in [0.25, 0.3) is 0 Å². The fraction of sp³-hybridized carbons (Fsp3) is 0.333. The molecule has 0 atom stereocenters. The molecule has 0 aromatic heterocycles. The van der Waals surface area contributed by atoms with Crippen molar-refractivity contribution in [3.05, 3.63) is 41.1 Å². The van der Waals surface area contributed by atoms with Crippen LogP contribution < -0.4 is 10.6 Å². The molecule has 2 N–H and O–H groups in total. The summed E-state index contributed by atoms with van der Waals surface area (Å²) in [5.41, 5.74) is 1.18. The quantitative estimate of drug-likeness (QED) is 0.872. The van der Waals surface area contributed by atoms with E-state index in [-0.39, 0.29) is 17.2 Å². The fourth-order valence-corrected chi connectivity index (χ4v) is 2.39. The Kier molecular flexibility index (Phi) is 4.14. The van der Waals surface area contributed by atoms with Gasteiger partial charge in [-0.25, -0.2) is 4.79 Å². The summed E-state index contributed by atoms with van der Waals surface area (Å²) in [4.78, 5) is 23.5. The van der Waals surface area contributed by atoms with Crippen LogP contribution >= 0.6 is 11.6 Å². The van der Waals surface area contributed by atoms with Crippen LogP contribution in [0.3, 0.4) is 0 Å². The Labute approximate surface area is 123 Å². The molecule has 1 aliphatic rings. The highest BCUT2D eigenvalue weighted by Gasteiger charge is 2.28. The fourth-order valence-electron chi connectivity index (χ4n) is 2.27. The summed E-state index contributed by atoms with van der Waals surface area (Å²) in [6.07, 6.45) is 2.69. The molecule has 20 heavy (non-hydrogen) atoms. The van der Waals surface area contributed by atoms with Gasteiger partial charge in [-0.15, -0.1) is 0 Å². The van der Waals surface area contributed by atoms with Gasteiger partial charge in [-0.3, -0.25) is 4.79 Å². The van der Waals surface area contributed by atoms with Crippen molar-refractivity contribution in [2.75, 3.05) is 5.32 Å². The zero-order valence-corrected chi connectivity index (χ0v) is 12.3. The number of allylic oxidation sites excluding steroid dienone is 2. The number of amides is 2. The third-order valence-electron chi connectivity index (χ3n) is 3.03.